The highest BCUT2D eigenvalue weighted by molar-refractivity contribution is 7.12. The van der Waals surface area contributed by atoms with Gasteiger partial charge in [-0.05, 0) is 36.8 Å². The lowest BCUT2D eigenvalue weighted by Gasteiger charge is -2.31. The van der Waals surface area contributed by atoms with Crippen LogP contribution in [0.15, 0.2) is 11.4 Å². The lowest BCUT2D eigenvalue weighted by Crippen LogP contribution is -2.39. The number of thiophene rings is 1. The van der Waals surface area contributed by atoms with E-state index in [0.29, 0.717) is 25.6 Å². The number of amides is 1. The van der Waals surface area contributed by atoms with Gasteiger partial charge in [-0.2, -0.15) is 8.78 Å². The summed E-state index contributed by atoms with van der Waals surface area (Å²) < 4.78 is 28.8. The van der Waals surface area contributed by atoms with Crippen LogP contribution in [0.25, 0.3) is 0 Å². The van der Waals surface area contributed by atoms with Crippen LogP contribution in [-0.4, -0.2) is 37.1 Å². The predicted octanol–water partition coefficient (Wildman–Crippen LogP) is 2.16. The quantitative estimate of drug-likeness (QED) is 0.924. The summed E-state index contributed by atoms with van der Waals surface area (Å²) in [4.78, 5) is 14.2. The van der Waals surface area contributed by atoms with Crippen molar-refractivity contribution in [1.29, 1.82) is 0 Å². The average molecular weight is 290 g/mol. The number of likely N-dealkylation sites (tertiary alicyclic amines) is 1. The first-order valence-electron chi connectivity index (χ1n) is 6.13. The van der Waals surface area contributed by atoms with Crippen molar-refractivity contribution in [2.75, 3.05) is 19.6 Å². The number of carbonyl (C=O) groups excluding carboxylic acids is 1. The minimum Gasteiger partial charge on any atom is -0.433 e. The lowest BCUT2D eigenvalue weighted by molar-refractivity contribution is -0.0499. The largest absolute Gasteiger partial charge is 0.433 e. The normalized spacial score (nSPS) is 16.9. The van der Waals surface area contributed by atoms with Crippen molar-refractivity contribution in [3.05, 3.63) is 16.3 Å². The number of halogens is 2. The second-order valence-corrected chi connectivity index (χ2v) is 5.38. The zero-order valence-electron chi connectivity index (χ0n) is 10.4. The van der Waals surface area contributed by atoms with Crippen molar-refractivity contribution in [3.63, 3.8) is 0 Å². The summed E-state index contributed by atoms with van der Waals surface area (Å²) in [6.45, 7) is -1.05. The highest BCUT2D eigenvalue weighted by Gasteiger charge is 2.26. The second-order valence-electron chi connectivity index (χ2n) is 4.46. The van der Waals surface area contributed by atoms with Crippen LogP contribution >= 0.6 is 11.3 Å². The number of hydrogen-bond acceptors (Lipinski definition) is 4. The zero-order chi connectivity index (χ0) is 13.8. The maximum Gasteiger partial charge on any atom is 0.387 e. The molecule has 0 atom stereocenters. The second kappa shape index (κ2) is 6.29. The third-order valence-electron chi connectivity index (χ3n) is 3.27. The predicted molar refractivity (Wildman–Crippen MR) is 68.6 cm³/mol. The molecule has 1 aliphatic heterocycles. The van der Waals surface area contributed by atoms with Gasteiger partial charge in [-0.3, -0.25) is 4.79 Å². The summed E-state index contributed by atoms with van der Waals surface area (Å²) in [6, 6.07) is 1.40. The summed E-state index contributed by atoms with van der Waals surface area (Å²) in [5, 5.41) is 1.58. The molecule has 1 fully saturated rings. The summed E-state index contributed by atoms with van der Waals surface area (Å²) in [7, 11) is 0. The van der Waals surface area contributed by atoms with Crippen LogP contribution in [0.4, 0.5) is 8.78 Å². The number of piperidine rings is 1. The van der Waals surface area contributed by atoms with E-state index in [1.54, 1.807) is 10.3 Å². The molecule has 1 aromatic heterocycles. The molecular weight excluding hydrogens is 274 g/mol. The molecule has 4 nitrogen and oxygen atoms in total. The molecule has 1 amide bonds. The fourth-order valence-electron chi connectivity index (χ4n) is 2.16. The van der Waals surface area contributed by atoms with Gasteiger partial charge in [0, 0.05) is 13.1 Å². The van der Waals surface area contributed by atoms with Gasteiger partial charge in [0.1, 0.15) is 10.6 Å². The SMILES string of the molecule is NCC1CCN(C(=O)c2sccc2OC(F)F)CC1. The molecule has 0 bridgehead atoms. The zero-order valence-corrected chi connectivity index (χ0v) is 11.2. The number of nitrogens with zero attached hydrogens (tertiary/aromatic N) is 1. The molecule has 106 valence electrons. The van der Waals surface area contributed by atoms with Gasteiger partial charge in [-0.25, -0.2) is 0 Å². The third kappa shape index (κ3) is 3.42. The molecule has 1 saturated heterocycles. The first-order valence-corrected chi connectivity index (χ1v) is 7.01. The van der Waals surface area contributed by atoms with Gasteiger partial charge in [0.25, 0.3) is 5.91 Å². The van der Waals surface area contributed by atoms with E-state index in [1.807, 2.05) is 0 Å². The molecule has 2 N–H and O–H groups in total. The molecule has 2 heterocycles. The van der Waals surface area contributed by atoms with Gasteiger partial charge >= 0.3 is 6.61 Å². The molecule has 2 rings (SSSR count). The highest BCUT2D eigenvalue weighted by Crippen LogP contribution is 2.29. The number of ether oxygens (including phenoxy) is 1. The fraction of sp³-hybridized carbons (Fsp3) is 0.583. The van der Waals surface area contributed by atoms with Crippen LogP contribution in [0.2, 0.25) is 0 Å². The Kier molecular flexibility index (Phi) is 4.71. The van der Waals surface area contributed by atoms with E-state index in [9.17, 15) is 13.6 Å². The van der Waals surface area contributed by atoms with E-state index in [4.69, 9.17) is 5.73 Å². The van der Waals surface area contributed by atoms with Crippen molar-refractivity contribution in [2.24, 2.45) is 11.7 Å². The maximum absolute atomic E-state index is 12.2. The number of rotatable bonds is 4. The number of hydrogen-bond donors (Lipinski definition) is 1. The van der Waals surface area contributed by atoms with Crippen LogP contribution in [-0.2, 0) is 0 Å². The standard InChI is InChI=1S/C12H16F2N2O2S/c13-12(14)18-9-3-6-19-10(9)11(17)16-4-1-8(7-15)2-5-16/h3,6,8,12H,1-2,4-5,7,15H2. The van der Waals surface area contributed by atoms with Gasteiger partial charge in [0.2, 0.25) is 0 Å². The minimum absolute atomic E-state index is 0.0362. The first-order chi connectivity index (χ1) is 9.11. The van der Waals surface area contributed by atoms with Crippen LogP contribution in [0, 0.1) is 5.92 Å². The van der Waals surface area contributed by atoms with Crippen molar-refractivity contribution >= 4 is 17.2 Å². The van der Waals surface area contributed by atoms with E-state index in [2.05, 4.69) is 4.74 Å². The molecule has 0 aliphatic carbocycles. The highest BCUT2D eigenvalue weighted by atomic mass is 32.1. The fourth-order valence-corrected chi connectivity index (χ4v) is 2.95. The summed E-state index contributed by atoms with van der Waals surface area (Å²) in [5.41, 5.74) is 5.59. The van der Waals surface area contributed by atoms with E-state index in [0.717, 1.165) is 24.2 Å². The van der Waals surface area contributed by atoms with Crippen LogP contribution in [0.1, 0.15) is 22.5 Å². The molecule has 1 aliphatic rings. The van der Waals surface area contributed by atoms with Gasteiger partial charge in [-0.1, -0.05) is 0 Å². The van der Waals surface area contributed by atoms with E-state index in [-0.39, 0.29) is 16.5 Å². The van der Waals surface area contributed by atoms with Crippen molar-refractivity contribution < 1.29 is 18.3 Å². The Morgan fingerprint density at radius 3 is 2.79 bits per heavy atom. The average Bonchev–Trinajstić information content (AvgIpc) is 2.85. The molecule has 0 spiro atoms. The van der Waals surface area contributed by atoms with Gasteiger partial charge in [0.15, 0.2) is 0 Å². The molecule has 19 heavy (non-hydrogen) atoms. The Morgan fingerprint density at radius 1 is 1.53 bits per heavy atom. The van der Waals surface area contributed by atoms with Crippen molar-refractivity contribution in [3.8, 4) is 5.75 Å². The monoisotopic (exact) mass is 290 g/mol. The van der Waals surface area contributed by atoms with Gasteiger partial charge in [0.05, 0.1) is 0 Å². The van der Waals surface area contributed by atoms with Crippen molar-refractivity contribution in [1.82, 2.24) is 4.90 Å². The Balaban J connectivity index is 2.02. The molecule has 1 aromatic rings. The van der Waals surface area contributed by atoms with E-state index < -0.39 is 6.61 Å². The Labute approximate surface area is 114 Å². The van der Waals surface area contributed by atoms with Gasteiger partial charge < -0.3 is 15.4 Å². The number of carbonyl (C=O) groups is 1. The first kappa shape index (κ1) is 14.2. The Morgan fingerprint density at radius 2 is 2.21 bits per heavy atom. The van der Waals surface area contributed by atoms with Crippen LogP contribution in [0.5, 0.6) is 5.75 Å². The van der Waals surface area contributed by atoms with Crippen molar-refractivity contribution in [2.45, 2.75) is 19.5 Å². The molecular formula is C12H16F2N2O2S. The lowest BCUT2D eigenvalue weighted by atomic mass is 9.97. The summed E-state index contributed by atoms with van der Waals surface area (Å²) in [6.07, 6.45) is 1.72. The Bertz CT molecular complexity index is 431. The number of nitrogens with two attached hydrogens (primary N) is 1. The minimum atomic E-state index is -2.91. The molecule has 0 saturated carbocycles. The van der Waals surface area contributed by atoms with Crippen LogP contribution < -0.4 is 10.5 Å². The smallest absolute Gasteiger partial charge is 0.387 e. The summed E-state index contributed by atoms with van der Waals surface area (Å²) in [5.74, 6) is 0.177. The topological polar surface area (TPSA) is 55.6 Å². The summed E-state index contributed by atoms with van der Waals surface area (Å²) >= 11 is 1.13. The van der Waals surface area contributed by atoms with E-state index in [1.165, 1.54) is 6.07 Å². The Hall–Kier alpha value is -1.21. The van der Waals surface area contributed by atoms with E-state index >= 15 is 0 Å². The molecule has 0 unspecified atom stereocenters. The third-order valence-corrected chi connectivity index (χ3v) is 4.16. The van der Waals surface area contributed by atoms with Crippen LogP contribution in [0.3, 0.4) is 0 Å². The van der Waals surface area contributed by atoms with Gasteiger partial charge in [-0.15, -0.1) is 11.3 Å². The number of alkyl halides is 2. The molecule has 7 heteroatoms. The maximum atomic E-state index is 12.2. The molecule has 0 radical (unpaired) electrons. The molecule has 0 aromatic carbocycles.